The van der Waals surface area contributed by atoms with E-state index in [1.54, 1.807) is 32.1 Å². The van der Waals surface area contributed by atoms with Crippen molar-refractivity contribution in [3.05, 3.63) is 24.0 Å². The minimum Gasteiger partial charge on any atom is -0.497 e. The smallest absolute Gasteiger partial charge is 0.170 e. The zero-order valence-corrected chi connectivity index (χ0v) is 12.4. The number of tetrazole rings is 1. The number of aromatic nitrogens is 4. The van der Waals surface area contributed by atoms with E-state index >= 15 is 0 Å². The Bertz CT molecular complexity index is 550. The van der Waals surface area contributed by atoms with Gasteiger partial charge in [-0.3, -0.25) is 0 Å². The Morgan fingerprint density at radius 3 is 2.43 bits per heavy atom. The van der Waals surface area contributed by atoms with Gasteiger partial charge in [0.05, 0.1) is 33.1 Å². The first-order valence-electron chi connectivity index (χ1n) is 6.49. The Hall–Kier alpha value is -2.19. The molecule has 8 heteroatoms. The first-order chi connectivity index (χ1) is 10.3. The molecule has 1 N–H and O–H groups in total. The fourth-order valence-corrected chi connectivity index (χ4v) is 1.81. The molecule has 1 aromatic heterocycles. The number of nitrogens with zero attached hydrogens (tertiary/aromatic N) is 4. The van der Waals surface area contributed by atoms with Crippen LogP contribution in [-0.2, 0) is 11.3 Å². The molecular weight excluding hydrogens is 274 g/mol. The number of hydrogen-bond acceptors (Lipinski definition) is 7. The lowest BCUT2D eigenvalue weighted by Gasteiger charge is -2.10. The van der Waals surface area contributed by atoms with Crippen molar-refractivity contribution in [2.75, 3.05) is 34.5 Å². The molecule has 0 spiro atoms. The summed E-state index contributed by atoms with van der Waals surface area (Å²) in [7, 11) is 4.87. The molecular formula is C13H19N5O3. The maximum atomic E-state index is 5.25. The fourth-order valence-electron chi connectivity index (χ4n) is 1.81. The summed E-state index contributed by atoms with van der Waals surface area (Å²) >= 11 is 0. The van der Waals surface area contributed by atoms with Gasteiger partial charge in [-0.2, -0.15) is 4.68 Å². The lowest BCUT2D eigenvalue weighted by atomic mass is 10.2. The quantitative estimate of drug-likeness (QED) is 0.706. The SMILES string of the molecule is COCCNCc1nnnn1-c1cc(OC)cc(OC)c1. The number of rotatable bonds is 8. The first-order valence-corrected chi connectivity index (χ1v) is 6.49. The second-order valence-electron chi connectivity index (χ2n) is 4.25. The highest BCUT2D eigenvalue weighted by Gasteiger charge is 2.10. The molecule has 8 nitrogen and oxygen atoms in total. The molecule has 2 aromatic rings. The molecule has 0 bridgehead atoms. The zero-order valence-electron chi connectivity index (χ0n) is 12.4. The standard InChI is InChI=1S/C13H19N5O3/c1-19-5-4-14-9-13-15-16-17-18(13)10-6-11(20-2)8-12(7-10)21-3/h6-8,14H,4-5,9H2,1-3H3. The molecule has 0 amide bonds. The van der Waals surface area contributed by atoms with Crippen LogP contribution in [0.15, 0.2) is 18.2 Å². The first kappa shape index (κ1) is 15.2. The van der Waals surface area contributed by atoms with Gasteiger partial charge in [-0.15, -0.1) is 5.10 Å². The van der Waals surface area contributed by atoms with Gasteiger partial charge in [-0.1, -0.05) is 0 Å². The van der Waals surface area contributed by atoms with Crippen molar-refractivity contribution in [1.82, 2.24) is 25.5 Å². The van der Waals surface area contributed by atoms with Crippen molar-refractivity contribution in [1.29, 1.82) is 0 Å². The molecule has 0 aliphatic rings. The summed E-state index contributed by atoms with van der Waals surface area (Å²) in [5.41, 5.74) is 0.778. The molecule has 114 valence electrons. The molecule has 0 aliphatic heterocycles. The van der Waals surface area contributed by atoms with Crippen LogP contribution < -0.4 is 14.8 Å². The highest BCUT2D eigenvalue weighted by molar-refractivity contribution is 5.46. The van der Waals surface area contributed by atoms with Crippen LogP contribution in [0.5, 0.6) is 11.5 Å². The van der Waals surface area contributed by atoms with Gasteiger partial charge in [0.15, 0.2) is 5.82 Å². The van der Waals surface area contributed by atoms with E-state index in [1.165, 1.54) is 0 Å². The zero-order chi connectivity index (χ0) is 15.1. The van der Waals surface area contributed by atoms with Crippen LogP contribution in [0.25, 0.3) is 5.69 Å². The van der Waals surface area contributed by atoms with Gasteiger partial charge >= 0.3 is 0 Å². The Balaban J connectivity index is 2.20. The van der Waals surface area contributed by atoms with Gasteiger partial charge in [0.25, 0.3) is 0 Å². The van der Waals surface area contributed by atoms with Crippen LogP contribution in [-0.4, -0.2) is 54.7 Å². The summed E-state index contributed by atoms with van der Waals surface area (Å²) < 4.78 is 17.1. The van der Waals surface area contributed by atoms with E-state index in [0.717, 1.165) is 12.2 Å². The molecule has 0 radical (unpaired) electrons. The maximum absolute atomic E-state index is 5.25. The number of benzene rings is 1. The van der Waals surface area contributed by atoms with E-state index in [2.05, 4.69) is 20.8 Å². The number of methoxy groups -OCH3 is 3. The number of nitrogens with one attached hydrogen (secondary N) is 1. The lowest BCUT2D eigenvalue weighted by molar-refractivity contribution is 0.199. The molecule has 0 saturated heterocycles. The molecule has 21 heavy (non-hydrogen) atoms. The van der Waals surface area contributed by atoms with Crippen LogP contribution in [0.1, 0.15) is 5.82 Å². The van der Waals surface area contributed by atoms with E-state index in [-0.39, 0.29) is 0 Å². The molecule has 2 rings (SSSR count). The van der Waals surface area contributed by atoms with Crippen LogP contribution >= 0.6 is 0 Å². The maximum Gasteiger partial charge on any atom is 0.170 e. The molecule has 0 aliphatic carbocycles. The predicted molar refractivity (Wildman–Crippen MR) is 75.8 cm³/mol. The molecule has 0 atom stereocenters. The highest BCUT2D eigenvalue weighted by atomic mass is 16.5. The second kappa shape index (κ2) is 7.55. The van der Waals surface area contributed by atoms with Gasteiger partial charge in [0, 0.05) is 31.9 Å². The highest BCUT2D eigenvalue weighted by Crippen LogP contribution is 2.24. The fraction of sp³-hybridized carbons (Fsp3) is 0.462. The van der Waals surface area contributed by atoms with E-state index < -0.39 is 0 Å². The summed E-state index contributed by atoms with van der Waals surface area (Å²) in [5, 5.41) is 15.0. The molecule has 0 saturated carbocycles. The second-order valence-corrected chi connectivity index (χ2v) is 4.25. The van der Waals surface area contributed by atoms with Crippen molar-refractivity contribution in [3.63, 3.8) is 0 Å². The van der Waals surface area contributed by atoms with Gasteiger partial charge in [0.2, 0.25) is 0 Å². The van der Waals surface area contributed by atoms with Crippen LogP contribution in [0.2, 0.25) is 0 Å². The molecule has 1 heterocycles. The Labute approximate surface area is 123 Å². The summed E-state index contributed by atoms with van der Waals surface area (Å²) in [6, 6.07) is 5.49. The van der Waals surface area contributed by atoms with Crippen molar-refractivity contribution < 1.29 is 14.2 Å². The average Bonchev–Trinajstić information content (AvgIpc) is 2.99. The molecule has 0 unspecified atom stereocenters. The van der Waals surface area contributed by atoms with Gasteiger partial charge < -0.3 is 19.5 Å². The Morgan fingerprint density at radius 1 is 1.10 bits per heavy atom. The summed E-state index contributed by atoms with van der Waals surface area (Å²) in [4.78, 5) is 0. The summed E-state index contributed by atoms with van der Waals surface area (Å²) in [5.74, 6) is 2.05. The predicted octanol–water partition coefficient (Wildman–Crippen LogP) is 0.416. The topological polar surface area (TPSA) is 83.3 Å². The minimum atomic E-state index is 0.538. The number of ether oxygens (including phenoxy) is 3. The largest absolute Gasteiger partial charge is 0.497 e. The Morgan fingerprint density at radius 2 is 1.81 bits per heavy atom. The van der Waals surface area contributed by atoms with Crippen molar-refractivity contribution >= 4 is 0 Å². The molecule has 0 fully saturated rings. The van der Waals surface area contributed by atoms with E-state index in [9.17, 15) is 0 Å². The van der Waals surface area contributed by atoms with E-state index in [1.807, 2.05) is 12.1 Å². The summed E-state index contributed by atoms with van der Waals surface area (Å²) in [6.07, 6.45) is 0. The lowest BCUT2D eigenvalue weighted by Crippen LogP contribution is -2.21. The Kier molecular flexibility index (Phi) is 5.47. The van der Waals surface area contributed by atoms with Gasteiger partial charge in [-0.05, 0) is 10.4 Å². The van der Waals surface area contributed by atoms with Crippen molar-refractivity contribution in [2.24, 2.45) is 0 Å². The minimum absolute atomic E-state index is 0.538. The van der Waals surface area contributed by atoms with Crippen molar-refractivity contribution in [3.8, 4) is 17.2 Å². The third-order valence-corrected chi connectivity index (χ3v) is 2.88. The normalized spacial score (nSPS) is 10.6. The third-order valence-electron chi connectivity index (χ3n) is 2.88. The van der Waals surface area contributed by atoms with Crippen LogP contribution in [0.4, 0.5) is 0 Å². The number of hydrogen-bond donors (Lipinski definition) is 1. The van der Waals surface area contributed by atoms with E-state index in [4.69, 9.17) is 14.2 Å². The average molecular weight is 293 g/mol. The van der Waals surface area contributed by atoms with Crippen LogP contribution in [0.3, 0.4) is 0 Å². The van der Waals surface area contributed by atoms with Crippen molar-refractivity contribution in [2.45, 2.75) is 6.54 Å². The monoisotopic (exact) mass is 293 g/mol. The van der Waals surface area contributed by atoms with E-state index in [0.29, 0.717) is 30.5 Å². The summed E-state index contributed by atoms with van der Waals surface area (Å²) in [6.45, 7) is 1.90. The third kappa shape index (κ3) is 3.89. The van der Waals surface area contributed by atoms with Gasteiger partial charge in [-0.25, -0.2) is 0 Å². The van der Waals surface area contributed by atoms with Crippen LogP contribution in [0, 0.1) is 0 Å². The molecule has 1 aromatic carbocycles. The van der Waals surface area contributed by atoms with Gasteiger partial charge in [0.1, 0.15) is 11.5 Å².